The normalized spacial score (nSPS) is 29.6. The number of rotatable bonds is 8. The van der Waals surface area contributed by atoms with Gasteiger partial charge in [-0.1, -0.05) is 30.4 Å². The van der Waals surface area contributed by atoms with Crippen LogP contribution in [-0.2, 0) is 15.0 Å². The number of imide groups is 1. The fourth-order valence-corrected chi connectivity index (χ4v) is 5.76. The molecule has 5 rings (SSSR count). The van der Waals surface area contributed by atoms with Gasteiger partial charge in [-0.3, -0.25) is 19.5 Å². The van der Waals surface area contributed by atoms with Crippen molar-refractivity contribution in [3.63, 3.8) is 0 Å². The van der Waals surface area contributed by atoms with Gasteiger partial charge in [-0.15, -0.1) is 0 Å². The number of aliphatic imine (C=N–C) groups is 1. The van der Waals surface area contributed by atoms with E-state index in [1.807, 2.05) is 19.1 Å². The van der Waals surface area contributed by atoms with Crippen LogP contribution in [0.3, 0.4) is 0 Å². The summed E-state index contributed by atoms with van der Waals surface area (Å²) in [4.78, 5) is 31.8. The standard InChI is InChI=1S/C25H31FN4O2/c1-2-27-24(29-15-25(10-11-25)18-6-3-4-7-19(18)26)28-12-5-13-30-22(31)20-16-8-9-17(14-16)21(20)23(30)32/h3-4,6-9,16-17,20-21H,2,5,10-15H2,1H3,(H2,27,28,29). The van der Waals surface area contributed by atoms with Gasteiger partial charge in [-0.05, 0) is 56.1 Å². The fourth-order valence-electron chi connectivity index (χ4n) is 5.76. The van der Waals surface area contributed by atoms with Crippen molar-refractivity contribution in [1.29, 1.82) is 0 Å². The van der Waals surface area contributed by atoms with E-state index in [1.54, 1.807) is 6.07 Å². The van der Waals surface area contributed by atoms with Crippen LogP contribution < -0.4 is 10.6 Å². The molecule has 7 heteroatoms. The molecule has 3 aliphatic carbocycles. The quantitative estimate of drug-likeness (QED) is 0.215. The van der Waals surface area contributed by atoms with Crippen LogP contribution in [0.2, 0.25) is 0 Å². The minimum atomic E-state index is -0.201. The van der Waals surface area contributed by atoms with Crippen molar-refractivity contribution < 1.29 is 14.0 Å². The number of amides is 2. The van der Waals surface area contributed by atoms with Crippen LogP contribution in [-0.4, -0.2) is 48.9 Å². The molecule has 1 aromatic rings. The number of carbonyl (C=O) groups excluding carboxylic acids is 2. The zero-order valence-electron chi connectivity index (χ0n) is 18.5. The third-order valence-corrected chi connectivity index (χ3v) is 7.60. The van der Waals surface area contributed by atoms with Crippen LogP contribution in [0.1, 0.15) is 38.2 Å². The van der Waals surface area contributed by atoms with Gasteiger partial charge in [0.1, 0.15) is 5.82 Å². The molecule has 1 heterocycles. The van der Waals surface area contributed by atoms with Crippen molar-refractivity contribution >= 4 is 17.8 Å². The summed E-state index contributed by atoms with van der Waals surface area (Å²) in [5.41, 5.74) is 0.549. The lowest BCUT2D eigenvalue weighted by Crippen LogP contribution is -2.40. The van der Waals surface area contributed by atoms with Gasteiger partial charge >= 0.3 is 0 Å². The average molecular weight is 439 g/mol. The minimum absolute atomic E-state index is 0.0120. The van der Waals surface area contributed by atoms with Crippen molar-refractivity contribution in [3.05, 3.63) is 47.8 Å². The van der Waals surface area contributed by atoms with Crippen LogP contribution in [0, 0.1) is 29.5 Å². The van der Waals surface area contributed by atoms with E-state index in [9.17, 15) is 14.0 Å². The molecule has 6 nitrogen and oxygen atoms in total. The zero-order valence-corrected chi connectivity index (χ0v) is 18.5. The number of halogens is 1. The number of nitrogens with zero attached hydrogens (tertiary/aromatic N) is 2. The Morgan fingerprint density at radius 3 is 2.44 bits per heavy atom. The van der Waals surface area contributed by atoms with Crippen LogP contribution in [0.5, 0.6) is 0 Å². The maximum atomic E-state index is 14.3. The summed E-state index contributed by atoms with van der Waals surface area (Å²) in [7, 11) is 0. The monoisotopic (exact) mass is 438 g/mol. The molecule has 1 aromatic carbocycles. The summed E-state index contributed by atoms with van der Waals surface area (Å²) in [5, 5.41) is 6.54. The Hall–Kier alpha value is -2.70. The van der Waals surface area contributed by atoms with Gasteiger partial charge in [-0.25, -0.2) is 4.39 Å². The number of guanidine groups is 1. The SMILES string of the molecule is CCNC(=NCC1(c2ccccc2F)CC1)NCCCN1C(=O)C2C3C=CC(C3)C2C1=O. The maximum absolute atomic E-state index is 14.3. The van der Waals surface area contributed by atoms with Crippen LogP contribution in [0.25, 0.3) is 0 Å². The third-order valence-electron chi connectivity index (χ3n) is 7.60. The number of benzene rings is 1. The highest BCUT2D eigenvalue weighted by Gasteiger charge is 2.58. The van der Waals surface area contributed by atoms with Crippen LogP contribution in [0.15, 0.2) is 41.4 Å². The number of hydrogen-bond acceptors (Lipinski definition) is 3. The Bertz CT molecular complexity index is 940. The second-order valence-electron chi connectivity index (χ2n) is 9.56. The molecule has 2 N–H and O–H groups in total. The zero-order chi connectivity index (χ0) is 22.3. The van der Waals surface area contributed by atoms with Gasteiger partial charge in [0, 0.05) is 25.0 Å². The number of likely N-dealkylation sites (tertiary alicyclic amines) is 1. The molecule has 2 amide bonds. The number of hydrogen-bond donors (Lipinski definition) is 2. The molecule has 3 fully saturated rings. The number of allylic oxidation sites excluding steroid dienone is 2. The van der Waals surface area contributed by atoms with E-state index >= 15 is 0 Å². The molecule has 0 radical (unpaired) electrons. The topological polar surface area (TPSA) is 73.8 Å². The van der Waals surface area contributed by atoms with Gasteiger partial charge in [0.2, 0.25) is 11.8 Å². The number of nitrogens with one attached hydrogen (secondary N) is 2. The summed E-state index contributed by atoms with van der Waals surface area (Å²) in [5.74, 6) is 0.799. The Labute approximate surface area is 188 Å². The molecule has 2 bridgehead atoms. The number of carbonyl (C=O) groups is 2. The van der Waals surface area contributed by atoms with Crippen molar-refractivity contribution in [2.75, 3.05) is 26.2 Å². The molecule has 0 aromatic heterocycles. The van der Waals surface area contributed by atoms with E-state index in [4.69, 9.17) is 4.99 Å². The van der Waals surface area contributed by atoms with Gasteiger partial charge in [0.05, 0.1) is 18.4 Å². The molecule has 32 heavy (non-hydrogen) atoms. The molecule has 4 atom stereocenters. The smallest absolute Gasteiger partial charge is 0.233 e. The van der Waals surface area contributed by atoms with Crippen LogP contribution in [0.4, 0.5) is 4.39 Å². The summed E-state index contributed by atoms with van der Waals surface area (Å²) in [6.07, 6.45) is 7.75. The highest BCUT2D eigenvalue weighted by atomic mass is 19.1. The van der Waals surface area contributed by atoms with Crippen molar-refractivity contribution in [2.45, 2.75) is 38.0 Å². The average Bonchev–Trinajstić information content (AvgIpc) is 3.16. The molecule has 170 valence electrons. The first-order valence-electron chi connectivity index (χ1n) is 11.8. The minimum Gasteiger partial charge on any atom is -0.357 e. The summed E-state index contributed by atoms with van der Waals surface area (Å²) >= 11 is 0. The lowest BCUT2D eigenvalue weighted by molar-refractivity contribution is -0.140. The van der Waals surface area contributed by atoms with Crippen molar-refractivity contribution in [3.8, 4) is 0 Å². The van der Waals surface area contributed by atoms with Gasteiger partial charge < -0.3 is 10.6 Å². The molecule has 2 saturated carbocycles. The van der Waals surface area contributed by atoms with E-state index in [0.717, 1.165) is 31.4 Å². The van der Waals surface area contributed by atoms with Gasteiger partial charge in [0.25, 0.3) is 0 Å². The predicted octanol–water partition coefficient (Wildman–Crippen LogP) is 2.61. The van der Waals surface area contributed by atoms with Crippen molar-refractivity contribution in [1.82, 2.24) is 15.5 Å². The molecule has 4 unspecified atom stereocenters. The largest absolute Gasteiger partial charge is 0.357 e. The highest BCUT2D eigenvalue weighted by molar-refractivity contribution is 6.06. The Balaban J connectivity index is 1.14. The summed E-state index contributed by atoms with van der Waals surface area (Å²) < 4.78 is 14.3. The van der Waals surface area contributed by atoms with E-state index in [2.05, 4.69) is 22.8 Å². The van der Waals surface area contributed by atoms with Crippen molar-refractivity contribution in [2.24, 2.45) is 28.7 Å². The number of fused-ring (bicyclic) bond motifs is 5. The summed E-state index contributed by atoms with van der Waals surface area (Å²) in [6.45, 7) is 4.31. The fraction of sp³-hybridized carbons (Fsp3) is 0.560. The first kappa shape index (κ1) is 21.2. The third kappa shape index (κ3) is 3.61. The summed E-state index contributed by atoms with van der Waals surface area (Å²) in [6, 6.07) is 6.97. The molecule has 1 saturated heterocycles. The van der Waals surface area contributed by atoms with E-state index in [1.165, 1.54) is 11.0 Å². The Morgan fingerprint density at radius 1 is 1.12 bits per heavy atom. The molecular formula is C25H31FN4O2. The van der Waals surface area contributed by atoms with E-state index in [-0.39, 0.29) is 46.7 Å². The lowest BCUT2D eigenvalue weighted by Gasteiger charge is -2.18. The predicted molar refractivity (Wildman–Crippen MR) is 120 cm³/mol. The van der Waals surface area contributed by atoms with Gasteiger partial charge in [-0.2, -0.15) is 0 Å². The van der Waals surface area contributed by atoms with E-state index < -0.39 is 0 Å². The van der Waals surface area contributed by atoms with E-state index in [0.29, 0.717) is 32.0 Å². The molecular weight excluding hydrogens is 407 g/mol. The highest BCUT2D eigenvalue weighted by Crippen LogP contribution is 2.52. The maximum Gasteiger partial charge on any atom is 0.233 e. The second kappa shape index (κ2) is 8.34. The molecule has 1 aliphatic heterocycles. The molecule has 4 aliphatic rings. The van der Waals surface area contributed by atoms with Crippen LogP contribution >= 0.6 is 0 Å². The Morgan fingerprint density at radius 2 is 1.81 bits per heavy atom. The first-order valence-corrected chi connectivity index (χ1v) is 11.8. The Kier molecular flexibility index (Phi) is 5.51. The first-order chi connectivity index (χ1) is 15.5. The second-order valence-corrected chi connectivity index (χ2v) is 9.56. The van der Waals surface area contributed by atoms with Gasteiger partial charge in [0.15, 0.2) is 5.96 Å². The lowest BCUT2D eigenvalue weighted by atomic mass is 9.85. The molecule has 0 spiro atoms.